The van der Waals surface area contributed by atoms with Gasteiger partial charge in [0.1, 0.15) is 0 Å². The Balaban J connectivity index is 2.47. The van der Waals surface area contributed by atoms with Crippen LogP contribution in [0.4, 0.5) is 0 Å². The molecule has 5 heteroatoms. The molecule has 0 radical (unpaired) electrons. The van der Waals surface area contributed by atoms with E-state index in [1.54, 1.807) is 0 Å². The quantitative estimate of drug-likeness (QED) is 0.539. The fourth-order valence-corrected chi connectivity index (χ4v) is 1.97. The fourth-order valence-electron chi connectivity index (χ4n) is 1.97. The first-order chi connectivity index (χ1) is 8.67. The Bertz CT molecular complexity index is 253. The van der Waals surface area contributed by atoms with Crippen molar-refractivity contribution in [2.24, 2.45) is 16.8 Å². The number of rotatable bonds is 6. The summed E-state index contributed by atoms with van der Waals surface area (Å²) in [4.78, 5) is 6.72. The molecule has 0 amide bonds. The van der Waals surface area contributed by atoms with E-state index in [0.717, 1.165) is 38.7 Å². The summed E-state index contributed by atoms with van der Waals surface area (Å²) in [6, 6.07) is 0. The molecular formula is C13H27N3O2. The monoisotopic (exact) mass is 257 g/mol. The molecule has 0 bridgehead atoms. The summed E-state index contributed by atoms with van der Waals surface area (Å²) in [5.74, 6) is 1.74. The molecule has 1 saturated heterocycles. The normalized spacial score (nSPS) is 22.0. The van der Waals surface area contributed by atoms with Crippen molar-refractivity contribution in [3.63, 3.8) is 0 Å². The number of guanidine groups is 1. The van der Waals surface area contributed by atoms with Crippen LogP contribution in [0.1, 0.15) is 20.3 Å². The van der Waals surface area contributed by atoms with Crippen molar-refractivity contribution in [2.75, 3.05) is 46.5 Å². The van der Waals surface area contributed by atoms with Gasteiger partial charge in [-0.2, -0.15) is 0 Å². The molecule has 1 aliphatic heterocycles. The van der Waals surface area contributed by atoms with Crippen LogP contribution in [0, 0.1) is 11.8 Å². The summed E-state index contributed by atoms with van der Waals surface area (Å²) in [6.07, 6.45) is 1.14. The molecule has 5 nitrogen and oxygen atoms in total. The average molecular weight is 257 g/mol. The Morgan fingerprint density at radius 3 is 2.94 bits per heavy atom. The molecular weight excluding hydrogens is 230 g/mol. The number of nitrogens with zero attached hydrogens (tertiary/aromatic N) is 2. The lowest BCUT2D eigenvalue weighted by molar-refractivity contribution is 0.181. The Labute approximate surface area is 110 Å². The van der Waals surface area contributed by atoms with E-state index in [0.29, 0.717) is 12.5 Å². The summed E-state index contributed by atoms with van der Waals surface area (Å²) < 4.78 is 5.39. The van der Waals surface area contributed by atoms with Crippen molar-refractivity contribution < 1.29 is 9.84 Å². The first-order valence-corrected chi connectivity index (χ1v) is 6.85. The van der Waals surface area contributed by atoms with Crippen LogP contribution in [0.5, 0.6) is 0 Å². The summed E-state index contributed by atoms with van der Waals surface area (Å²) in [6.45, 7) is 8.48. The van der Waals surface area contributed by atoms with E-state index in [1.807, 2.05) is 6.92 Å². The lowest BCUT2D eigenvalue weighted by Crippen LogP contribution is -2.41. The number of aliphatic hydroxyl groups excluding tert-OH is 1. The molecule has 0 saturated carbocycles. The zero-order chi connectivity index (χ0) is 13.4. The minimum atomic E-state index is 0.184. The number of aliphatic imine (C=N–C) groups is 1. The van der Waals surface area contributed by atoms with Crippen LogP contribution in [-0.2, 0) is 4.74 Å². The van der Waals surface area contributed by atoms with Gasteiger partial charge >= 0.3 is 0 Å². The van der Waals surface area contributed by atoms with Crippen molar-refractivity contribution in [1.29, 1.82) is 0 Å². The van der Waals surface area contributed by atoms with Gasteiger partial charge in [-0.3, -0.25) is 4.99 Å². The standard InChI is InChI=1S/C13H27N3O2/c1-4-14-13(15-7-11(2)9-17)16(3)8-12-5-6-18-10-12/h11-12,17H,4-10H2,1-3H3,(H,14,15). The summed E-state index contributed by atoms with van der Waals surface area (Å²) >= 11 is 0. The van der Waals surface area contributed by atoms with Gasteiger partial charge in [-0.05, 0) is 19.3 Å². The SMILES string of the molecule is CCNC(=NCC(C)CO)N(C)CC1CCOC1. The van der Waals surface area contributed by atoms with Crippen LogP contribution in [0.25, 0.3) is 0 Å². The van der Waals surface area contributed by atoms with Crippen LogP contribution in [0.3, 0.4) is 0 Å². The highest BCUT2D eigenvalue weighted by Crippen LogP contribution is 2.13. The van der Waals surface area contributed by atoms with Gasteiger partial charge in [0, 0.05) is 45.8 Å². The minimum Gasteiger partial charge on any atom is -0.396 e. The van der Waals surface area contributed by atoms with Gasteiger partial charge in [-0.1, -0.05) is 6.92 Å². The third kappa shape index (κ3) is 5.23. The van der Waals surface area contributed by atoms with E-state index in [4.69, 9.17) is 9.84 Å². The molecule has 0 aromatic carbocycles. The second kappa shape index (κ2) is 8.32. The number of hydrogen-bond donors (Lipinski definition) is 2. The molecule has 1 fully saturated rings. The number of hydrogen-bond acceptors (Lipinski definition) is 3. The highest BCUT2D eigenvalue weighted by molar-refractivity contribution is 5.79. The molecule has 2 atom stereocenters. The van der Waals surface area contributed by atoms with Gasteiger partial charge in [0.15, 0.2) is 5.96 Å². The molecule has 1 heterocycles. The summed E-state index contributed by atoms with van der Waals surface area (Å²) in [5.41, 5.74) is 0. The van der Waals surface area contributed by atoms with E-state index in [9.17, 15) is 0 Å². The minimum absolute atomic E-state index is 0.184. The predicted molar refractivity (Wildman–Crippen MR) is 73.8 cm³/mol. The molecule has 0 aliphatic carbocycles. The van der Waals surface area contributed by atoms with Crippen molar-refractivity contribution in [1.82, 2.24) is 10.2 Å². The van der Waals surface area contributed by atoms with Crippen LogP contribution in [-0.4, -0.2) is 62.5 Å². The van der Waals surface area contributed by atoms with E-state index >= 15 is 0 Å². The lowest BCUT2D eigenvalue weighted by Gasteiger charge is -2.24. The van der Waals surface area contributed by atoms with Gasteiger partial charge in [-0.25, -0.2) is 0 Å². The summed E-state index contributed by atoms with van der Waals surface area (Å²) in [7, 11) is 2.06. The first-order valence-electron chi connectivity index (χ1n) is 6.85. The van der Waals surface area contributed by atoms with Gasteiger partial charge in [0.25, 0.3) is 0 Å². The molecule has 2 N–H and O–H groups in total. The van der Waals surface area contributed by atoms with Crippen LogP contribution >= 0.6 is 0 Å². The van der Waals surface area contributed by atoms with Crippen molar-refractivity contribution in [2.45, 2.75) is 20.3 Å². The second-order valence-corrected chi connectivity index (χ2v) is 5.09. The van der Waals surface area contributed by atoms with Crippen LogP contribution in [0.15, 0.2) is 4.99 Å². The second-order valence-electron chi connectivity index (χ2n) is 5.09. The predicted octanol–water partition coefficient (Wildman–Crippen LogP) is 0.549. The zero-order valence-corrected chi connectivity index (χ0v) is 11.9. The van der Waals surface area contributed by atoms with Gasteiger partial charge in [-0.15, -0.1) is 0 Å². The molecule has 0 spiro atoms. The van der Waals surface area contributed by atoms with Crippen molar-refractivity contribution in [3.05, 3.63) is 0 Å². The number of nitrogens with one attached hydrogen (secondary N) is 1. The average Bonchev–Trinajstić information content (AvgIpc) is 2.86. The largest absolute Gasteiger partial charge is 0.396 e. The lowest BCUT2D eigenvalue weighted by atomic mass is 10.1. The maximum Gasteiger partial charge on any atom is 0.193 e. The van der Waals surface area contributed by atoms with E-state index < -0.39 is 0 Å². The fraction of sp³-hybridized carbons (Fsp3) is 0.923. The molecule has 106 valence electrons. The third-order valence-electron chi connectivity index (χ3n) is 3.12. The number of ether oxygens (including phenoxy) is 1. The Morgan fingerprint density at radius 1 is 1.61 bits per heavy atom. The molecule has 0 aromatic rings. The Kier molecular flexibility index (Phi) is 7.05. The third-order valence-corrected chi connectivity index (χ3v) is 3.12. The molecule has 1 rings (SSSR count). The van der Waals surface area contributed by atoms with Gasteiger partial charge in [0.2, 0.25) is 0 Å². The molecule has 0 aromatic heterocycles. The van der Waals surface area contributed by atoms with E-state index in [1.165, 1.54) is 0 Å². The smallest absolute Gasteiger partial charge is 0.193 e. The van der Waals surface area contributed by atoms with Gasteiger partial charge < -0.3 is 20.1 Å². The molecule has 18 heavy (non-hydrogen) atoms. The Hall–Kier alpha value is -0.810. The summed E-state index contributed by atoms with van der Waals surface area (Å²) in [5, 5.41) is 12.3. The van der Waals surface area contributed by atoms with Crippen molar-refractivity contribution in [3.8, 4) is 0 Å². The first kappa shape index (κ1) is 15.2. The van der Waals surface area contributed by atoms with E-state index in [2.05, 4.69) is 29.2 Å². The topological polar surface area (TPSA) is 57.1 Å². The molecule has 2 unspecified atom stereocenters. The highest BCUT2D eigenvalue weighted by Gasteiger charge is 2.19. The Morgan fingerprint density at radius 2 is 2.39 bits per heavy atom. The zero-order valence-electron chi connectivity index (χ0n) is 11.9. The number of aliphatic hydroxyl groups is 1. The maximum atomic E-state index is 9.03. The van der Waals surface area contributed by atoms with Crippen LogP contribution in [0.2, 0.25) is 0 Å². The van der Waals surface area contributed by atoms with Gasteiger partial charge in [0.05, 0.1) is 6.61 Å². The van der Waals surface area contributed by atoms with E-state index in [-0.39, 0.29) is 12.5 Å². The van der Waals surface area contributed by atoms with Crippen molar-refractivity contribution >= 4 is 5.96 Å². The van der Waals surface area contributed by atoms with Crippen LogP contribution < -0.4 is 5.32 Å². The maximum absolute atomic E-state index is 9.03. The highest BCUT2D eigenvalue weighted by atomic mass is 16.5. The molecule has 1 aliphatic rings.